The Balaban J connectivity index is 1.82. The Labute approximate surface area is 160 Å². The standard InChI is InChI=1S/C20H16ClFN2O3/c21-15-12-14(6-7-16(15)22)24-19(25)17(13-4-2-1-3-5-13)18(20(24)26)23-8-10-27-11-9-23/h1-7,12H,8-11H2. The van der Waals surface area contributed by atoms with Gasteiger partial charge in [-0.3, -0.25) is 9.59 Å². The van der Waals surface area contributed by atoms with Gasteiger partial charge in [-0.2, -0.15) is 0 Å². The fourth-order valence-corrected chi connectivity index (χ4v) is 3.50. The minimum Gasteiger partial charge on any atom is -0.378 e. The molecule has 0 saturated carbocycles. The summed E-state index contributed by atoms with van der Waals surface area (Å²) in [6, 6.07) is 12.9. The number of morpholine rings is 1. The summed E-state index contributed by atoms with van der Waals surface area (Å²) in [4.78, 5) is 29.4. The molecular weight excluding hydrogens is 371 g/mol. The first-order valence-corrected chi connectivity index (χ1v) is 8.92. The Kier molecular flexibility index (Phi) is 4.68. The van der Waals surface area contributed by atoms with Crippen LogP contribution in [0.2, 0.25) is 5.02 Å². The van der Waals surface area contributed by atoms with Crippen LogP contribution in [0.5, 0.6) is 0 Å². The van der Waals surface area contributed by atoms with Gasteiger partial charge >= 0.3 is 0 Å². The summed E-state index contributed by atoms with van der Waals surface area (Å²) in [6.07, 6.45) is 0. The highest BCUT2D eigenvalue weighted by molar-refractivity contribution is 6.45. The van der Waals surface area contributed by atoms with Gasteiger partial charge in [-0.15, -0.1) is 0 Å². The molecule has 0 bridgehead atoms. The zero-order valence-corrected chi connectivity index (χ0v) is 15.1. The zero-order valence-electron chi connectivity index (χ0n) is 14.3. The van der Waals surface area contributed by atoms with Gasteiger partial charge in [-0.05, 0) is 23.8 Å². The Morgan fingerprint density at radius 3 is 2.33 bits per heavy atom. The average Bonchev–Trinajstić information content (AvgIpc) is 2.96. The molecule has 0 aliphatic carbocycles. The molecule has 0 atom stereocenters. The predicted octanol–water partition coefficient (Wildman–Crippen LogP) is 3.10. The second-order valence-electron chi connectivity index (χ2n) is 6.23. The van der Waals surface area contributed by atoms with Crippen LogP contribution in [0.3, 0.4) is 0 Å². The van der Waals surface area contributed by atoms with Gasteiger partial charge in [-0.1, -0.05) is 41.9 Å². The molecule has 1 fully saturated rings. The van der Waals surface area contributed by atoms with E-state index in [0.29, 0.717) is 43.1 Å². The second kappa shape index (κ2) is 7.13. The second-order valence-corrected chi connectivity index (χ2v) is 6.64. The molecule has 138 valence electrons. The van der Waals surface area contributed by atoms with Crippen LogP contribution in [0, 0.1) is 5.82 Å². The van der Waals surface area contributed by atoms with E-state index in [1.165, 1.54) is 12.1 Å². The topological polar surface area (TPSA) is 49.9 Å². The molecule has 2 aliphatic rings. The van der Waals surface area contributed by atoms with Gasteiger partial charge in [0.15, 0.2) is 0 Å². The fraction of sp³-hybridized carbons (Fsp3) is 0.200. The monoisotopic (exact) mass is 386 g/mol. The highest BCUT2D eigenvalue weighted by Gasteiger charge is 2.42. The minimum absolute atomic E-state index is 0.144. The van der Waals surface area contributed by atoms with Crippen LogP contribution >= 0.6 is 11.6 Å². The minimum atomic E-state index is -0.607. The first kappa shape index (κ1) is 17.7. The van der Waals surface area contributed by atoms with Crippen LogP contribution in [-0.2, 0) is 14.3 Å². The molecule has 4 rings (SSSR count). The van der Waals surface area contributed by atoms with E-state index in [9.17, 15) is 14.0 Å². The Hall–Kier alpha value is -2.70. The summed E-state index contributed by atoms with van der Waals surface area (Å²) < 4.78 is 18.9. The quantitative estimate of drug-likeness (QED) is 0.761. The van der Waals surface area contributed by atoms with Gasteiger partial charge in [0.2, 0.25) is 0 Å². The molecule has 2 amide bonds. The number of hydrogen-bond donors (Lipinski definition) is 0. The number of carbonyl (C=O) groups is 2. The summed E-state index contributed by atoms with van der Waals surface area (Å²) in [7, 11) is 0. The fourth-order valence-electron chi connectivity index (χ4n) is 3.32. The zero-order chi connectivity index (χ0) is 19.0. The van der Waals surface area contributed by atoms with Crippen LogP contribution in [0.25, 0.3) is 5.57 Å². The summed E-state index contributed by atoms with van der Waals surface area (Å²) in [5.41, 5.74) is 1.58. The maximum atomic E-state index is 13.5. The van der Waals surface area contributed by atoms with Crippen molar-refractivity contribution in [3.8, 4) is 0 Å². The molecule has 0 N–H and O–H groups in total. The maximum Gasteiger partial charge on any atom is 0.282 e. The van der Waals surface area contributed by atoms with E-state index in [2.05, 4.69) is 0 Å². The molecule has 0 spiro atoms. The van der Waals surface area contributed by atoms with E-state index < -0.39 is 17.6 Å². The summed E-state index contributed by atoms with van der Waals surface area (Å²) in [6.45, 7) is 2.00. The molecule has 0 radical (unpaired) electrons. The van der Waals surface area contributed by atoms with Gasteiger partial charge in [-0.25, -0.2) is 9.29 Å². The summed E-state index contributed by atoms with van der Waals surface area (Å²) >= 11 is 5.86. The van der Waals surface area contributed by atoms with Gasteiger partial charge in [0.25, 0.3) is 11.8 Å². The lowest BCUT2D eigenvalue weighted by Crippen LogP contribution is -2.40. The van der Waals surface area contributed by atoms with Gasteiger partial charge < -0.3 is 9.64 Å². The molecular formula is C20H16ClFN2O3. The maximum absolute atomic E-state index is 13.5. The van der Waals surface area contributed by atoms with Crippen LogP contribution in [0.4, 0.5) is 10.1 Å². The lowest BCUT2D eigenvalue weighted by atomic mass is 10.0. The van der Waals surface area contributed by atoms with E-state index in [1.807, 2.05) is 23.1 Å². The van der Waals surface area contributed by atoms with E-state index in [4.69, 9.17) is 16.3 Å². The van der Waals surface area contributed by atoms with Gasteiger partial charge in [0.1, 0.15) is 11.5 Å². The third-order valence-corrected chi connectivity index (χ3v) is 4.90. The molecule has 2 heterocycles. The molecule has 27 heavy (non-hydrogen) atoms. The number of hydrogen-bond acceptors (Lipinski definition) is 4. The number of amides is 2. The van der Waals surface area contributed by atoms with Crippen LogP contribution in [0.15, 0.2) is 54.2 Å². The molecule has 2 aromatic carbocycles. The van der Waals surface area contributed by atoms with Crippen molar-refractivity contribution in [1.29, 1.82) is 0 Å². The first-order chi connectivity index (χ1) is 13.1. The van der Waals surface area contributed by atoms with Crippen molar-refractivity contribution >= 4 is 34.7 Å². The molecule has 0 aromatic heterocycles. The number of halogens is 2. The van der Waals surface area contributed by atoms with Crippen molar-refractivity contribution in [3.63, 3.8) is 0 Å². The number of ether oxygens (including phenoxy) is 1. The number of rotatable bonds is 3. The van der Waals surface area contributed by atoms with E-state index in [-0.39, 0.29) is 10.7 Å². The van der Waals surface area contributed by atoms with Gasteiger partial charge in [0, 0.05) is 13.1 Å². The van der Waals surface area contributed by atoms with Crippen LogP contribution in [0.1, 0.15) is 5.56 Å². The van der Waals surface area contributed by atoms with Crippen molar-refractivity contribution in [2.24, 2.45) is 0 Å². The lowest BCUT2D eigenvalue weighted by Gasteiger charge is -2.29. The molecule has 0 unspecified atom stereocenters. The largest absolute Gasteiger partial charge is 0.378 e. The molecule has 5 nitrogen and oxygen atoms in total. The van der Waals surface area contributed by atoms with Crippen molar-refractivity contribution < 1.29 is 18.7 Å². The Bertz CT molecular complexity index is 939. The SMILES string of the molecule is O=C1C(c2ccccc2)=C(N2CCOCC2)C(=O)N1c1ccc(F)c(Cl)c1. The summed E-state index contributed by atoms with van der Waals surface area (Å²) in [5, 5.41) is -0.144. The smallest absolute Gasteiger partial charge is 0.282 e. The van der Waals surface area contributed by atoms with Crippen molar-refractivity contribution in [2.45, 2.75) is 0 Å². The van der Waals surface area contributed by atoms with Crippen molar-refractivity contribution in [2.75, 3.05) is 31.2 Å². The number of nitrogens with zero attached hydrogens (tertiary/aromatic N) is 2. The van der Waals surface area contributed by atoms with E-state index >= 15 is 0 Å². The highest BCUT2D eigenvalue weighted by Crippen LogP contribution is 2.36. The number of carbonyl (C=O) groups excluding carboxylic acids is 2. The van der Waals surface area contributed by atoms with Crippen molar-refractivity contribution in [1.82, 2.24) is 4.90 Å². The predicted molar refractivity (Wildman–Crippen MR) is 99.7 cm³/mol. The Morgan fingerprint density at radius 2 is 1.67 bits per heavy atom. The lowest BCUT2D eigenvalue weighted by molar-refractivity contribution is -0.121. The highest BCUT2D eigenvalue weighted by atomic mass is 35.5. The Morgan fingerprint density at radius 1 is 0.963 bits per heavy atom. The third kappa shape index (κ3) is 3.11. The number of anilines is 1. The third-order valence-electron chi connectivity index (χ3n) is 4.61. The van der Waals surface area contributed by atoms with Gasteiger partial charge in [0.05, 0.1) is 29.5 Å². The molecule has 1 saturated heterocycles. The normalized spacial score (nSPS) is 17.9. The van der Waals surface area contributed by atoms with Crippen molar-refractivity contribution in [3.05, 3.63) is 70.6 Å². The first-order valence-electron chi connectivity index (χ1n) is 8.54. The van der Waals surface area contributed by atoms with Crippen LogP contribution in [-0.4, -0.2) is 43.0 Å². The molecule has 2 aliphatic heterocycles. The number of imide groups is 1. The summed E-state index contributed by atoms with van der Waals surface area (Å²) in [5.74, 6) is -1.50. The average molecular weight is 387 g/mol. The number of benzene rings is 2. The van der Waals surface area contributed by atoms with E-state index in [1.54, 1.807) is 12.1 Å². The molecule has 2 aromatic rings. The molecule has 7 heteroatoms. The van der Waals surface area contributed by atoms with Crippen LogP contribution < -0.4 is 4.90 Å². The van der Waals surface area contributed by atoms with E-state index in [0.717, 1.165) is 11.0 Å².